The van der Waals surface area contributed by atoms with Crippen LogP contribution in [0.15, 0.2) is 18.2 Å². The van der Waals surface area contributed by atoms with Gasteiger partial charge in [0.25, 0.3) is 0 Å². The van der Waals surface area contributed by atoms with Gasteiger partial charge < -0.3 is 14.6 Å². The van der Waals surface area contributed by atoms with Crippen molar-refractivity contribution in [3.8, 4) is 5.75 Å². The molecular formula is C15H21ClO3. The molecule has 0 aromatic heterocycles. The summed E-state index contributed by atoms with van der Waals surface area (Å²) in [5, 5.41) is 10.3. The molecule has 1 aliphatic rings. The Hall–Kier alpha value is -0.770. The molecule has 0 saturated carbocycles. The van der Waals surface area contributed by atoms with E-state index < -0.39 is 6.10 Å². The Labute approximate surface area is 119 Å². The SMILES string of the molecule is CC(O)c1cc(Cl)ccc1OCC1CCC(C)(C)O1. The maximum atomic E-state index is 9.73. The summed E-state index contributed by atoms with van der Waals surface area (Å²) in [6, 6.07) is 5.30. The molecule has 0 radical (unpaired) electrons. The summed E-state index contributed by atoms with van der Waals surface area (Å²) in [7, 11) is 0. The number of halogens is 1. The van der Waals surface area contributed by atoms with E-state index in [4.69, 9.17) is 21.1 Å². The van der Waals surface area contributed by atoms with Crippen LogP contribution in [0.25, 0.3) is 0 Å². The van der Waals surface area contributed by atoms with Gasteiger partial charge in [0.15, 0.2) is 0 Å². The first-order valence-electron chi connectivity index (χ1n) is 6.65. The van der Waals surface area contributed by atoms with Crippen LogP contribution in [0.3, 0.4) is 0 Å². The molecule has 0 aliphatic carbocycles. The third-order valence-electron chi connectivity index (χ3n) is 3.40. The molecule has 1 N–H and O–H groups in total. The second-order valence-corrected chi connectivity index (χ2v) is 6.14. The van der Waals surface area contributed by atoms with Gasteiger partial charge in [-0.05, 0) is 51.8 Å². The molecule has 1 fully saturated rings. The lowest BCUT2D eigenvalue weighted by Gasteiger charge is -2.20. The van der Waals surface area contributed by atoms with E-state index in [0.29, 0.717) is 22.9 Å². The first-order valence-corrected chi connectivity index (χ1v) is 7.03. The van der Waals surface area contributed by atoms with Crippen molar-refractivity contribution >= 4 is 11.6 Å². The van der Waals surface area contributed by atoms with E-state index in [1.165, 1.54) is 0 Å². The van der Waals surface area contributed by atoms with E-state index in [2.05, 4.69) is 13.8 Å². The molecule has 106 valence electrons. The van der Waals surface area contributed by atoms with Gasteiger partial charge in [0.05, 0.1) is 17.8 Å². The zero-order valence-electron chi connectivity index (χ0n) is 11.6. The molecule has 1 aromatic rings. The van der Waals surface area contributed by atoms with Crippen molar-refractivity contribution < 1.29 is 14.6 Å². The quantitative estimate of drug-likeness (QED) is 0.915. The molecule has 2 atom stereocenters. The van der Waals surface area contributed by atoms with Crippen LogP contribution in [0.1, 0.15) is 45.3 Å². The van der Waals surface area contributed by atoms with Crippen molar-refractivity contribution in [3.63, 3.8) is 0 Å². The lowest BCUT2D eigenvalue weighted by atomic mass is 10.1. The summed E-state index contributed by atoms with van der Waals surface area (Å²) < 4.78 is 11.7. The zero-order valence-corrected chi connectivity index (χ0v) is 12.4. The standard InChI is InChI=1S/C15H21ClO3/c1-10(17)13-8-11(16)4-5-14(13)18-9-12-6-7-15(2,3)19-12/h4-5,8,10,12,17H,6-7,9H2,1-3H3. The van der Waals surface area contributed by atoms with Crippen molar-refractivity contribution in [1.82, 2.24) is 0 Å². The van der Waals surface area contributed by atoms with Crippen molar-refractivity contribution in [3.05, 3.63) is 28.8 Å². The van der Waals surface area contributed by atoms with Gasteiger partial charge >= 0.3 is 0 Å². The Bertz CT molecular complexity index is 443. The Morgan fingerprint density at radius 3 is 2.84 bits per heavy atom. The number of rotatable bonds is 4. The van der Waals surface area contributed by atoms with Gasteiger partial charge in [-0.2, -0.15) is 0 Å². The van der Waals surface area contributed by atoms with Crippen LogP contribution in [0.2, 0.25) is 5.02 Å². The normalized spacial score (nSPS) is 23.3. The molecule has 0 spiro atoms. The predicted octanol–water partition coefficient (Wildman–Crippen LogP) is 3.73. The largest absolute Gasteiger partial charge is 0.490 e. The van der Waals surface area contributed by atoms with E-state index >= 15 is 0 Å². The summed E-state index contributed by atoms with van der Waals surface area (Å²) in [4.78, 5) is 0. The molecule has 0 bridgehead atoms. The van der Waals surface area contributed by atoms with Crippen LogP contribution in [-0.4, -0.2) is 23.4 Å². The van der Waals surface area contributed by atoms with Crippen LogP contribution in [0.5, 0.6) is 5.75 Å². The highest BCUT2D eigenvalue weighted by Gasteiger charge is 2.32. The van der Waals surface area contributed by atoms with Gasteiger partial charge in [-0.25, -0.2) is 0 Å². The molecule has 19 heavy (non-hydrogen) atoms. The number of aliphatic hydroxyl groups excluding tert-OH is 1. The minimum atomic E-state index is -0.602. The maximum Gasteiger partial charge on any atom is 0.125 e. The molecule has 1 aromatic carbocycles. The van der Waals surface area contributed by atoms with E-state index in [-0.39, 0.29) is 11.7 Å². The average molecular weight is 285 g/mol. The maximum absolute atomic E-state index is 9.73. The third-order valence-corrected chi connectivity index (χ3v) is 3.64. The molecular weight excluding hydrogens is 264 g/mol. The van der Waals surface area contributed by atoms with Gasteiger partial charge in [-0.3, -0.25) is 0 Å². The number of ether oxygens (including phenoxy) is 2. The number of benzene rings is 1. The van der Waals surface area contributed by atoms with Gasteiger partial charge in [0.2, 0.25) is 0 Å². The fourth-order valence-electron chi connectivity index (χ4n) is 2.35. The summed E-state index contributed by atoms with van der Waals surface area (Å²) in [6.45, 7) is 6.39. The highest BCUT2D eigenvalue weighted by atomic mass is 35.5. The summed E-state index contributed by atoms with van der Waals surface area (Å²) in [6.07, 6.45) is 1.57. The van der Waals surface area contributed by atoms with Crippen LogP contribution in [-0.2, 0) is 4.74 Å². The smallest absolute Gasteiger partial charge is 0.125 e. The second kappa shape index (κ2) is 5.70. The van der Waals surface area contributed by atoms with Crippen molar-refractivity contribution in [2.75, 3.05) is 6.61 Å². The molecule has 4 heteroatoms. The molecule has 2 rings (SSSR count). The van der Waals surface area contributed by atoms with E-state index in [9.17, 15) is 5.11 Å². The minimum absolute atomic E-state index is 0.0544. The molecule has 0 amide bonds. The van der Waals surface area contributed by atoms with Gasteiger partial charge in [-0.1, -0.05) is 11.6 Å². The average Bonchev–Trinajstić information content (AvgIpc) is 2.67. The molecule has 1 aliphatic heterocycles. The Balaban J connectivity index is 2.00. The molecule has 3 nitrogen and oxygen atoms in total. The van der Waals surface area contributed by atoms with Crippen molar-refractivity contribution in [2.45, 2.75) is 51.4 Å². The molecule has 1 heterocycles. The van der Waals surface area contributed by atoms with Gasteiger partial charge in [0, 0.05) is 10.6 Å². The fourth-order valence-corrected chi connectivity index (χ4v) is 2.54. The molecule has 2 unspecified atom stereocenters. The zero-order chi connectivity index (χ0) is 14.0. The van der Waals surface area contributed by atoms with Crippen LogP contribution in [0, 0.1) is 0 Å². The monoisotopic (exact) mass is 284 g/mol. The fraction of sp³-hybridized carbons (Fsp3) is 0.600. The van der Waals surface area contributed by atoms with Gasteiger partial charge in [-0.15, -0.1) is 0 Å². The Morgan fingerprint density at radius 1 is 1.53 bits per heavy atom. The Kier molecular flexibility index (Phi) is 4.39. The van der Waals surface area contributed by atoms with Crippen LogP contribution < -0.4 is 4.74 Å². The lowest BCUT2D eigenvalue weighted by molar-refractivity contribution is -0.0329. The van der Waals surface area contributed by atoms with Gasteiger partial charge in [0.1, 0.15) is 12.4 Å². The first kappa shape index (κ1) is 14.6. The van der Waals surface area contributed by atoms with Crippen LogP contribution >= 0.6 is 11.6 Å². The topological polar surface area (TPSA) is 38.7 Å². The summed E-state index contributed by atoms with van der Waals surface area (Å²) in [5.41, 5.74) is 0.658. The number of hydrogen-bond donors (Lipinski definition) is 1. The van der Waals surface area contributed by atoms with Crippen molar-refractivity contribution in [1.29, 1.82) is 0 Å². The predicted molar refractivity (Wildman–Crippen MR) is 75.8 cm³/mol. The van der Waals surface area contributed by atoms with Crippen LogP contribution in [0.4, 0.5) is 0 Å². The highest BCUT2D eigenvalue weighted by molar-refractivity contribution is 6.30. The summed E-state index contributed by atoms with van der Waals surface area (Å²) in [5.74, 6) is 0.674. The lowest BCUT2D eigenvalue weighted by Crippen LogP contribution is -2.24. The Morgan fingerprint density at radius 2 is 2.26 bits per heavy atom. The minimum Gasteiger partial charge on any atom is -0.490 e. The van der Waals surface area contributed by atoms with Crippen molar-refractivity contribution in [2.24, 2.45) is 0 Å². The van der Waals surface area contributed by atoms with E-state index in [1.807, 2.05) is 0 Å². The third kappa shape index (κ3) is 3.85. The second-order valence-electron chi connectivity index (χ2n) is 5.71. The highest BCUT2D eigenvalue weighted by Crippen LogP contribution is 2.32. The number of hydrogen-bond acceptors (Lipinski definition) is 3. The molecule has 1 saturated heterocycles. The number of aliphatic hydroxyl groups is 1. The van der Waals surface area contributed by atoms with E-state index in [1.54, 1.807) is 25.1 Å². The summed E-state index contributed by atoms with van der Waals surface area (Å²) >= 11 is 5.93. The first-order chi connectivity index (χ1) is 8.87. The van der Waals surface area contributed by atoms with E-state index in [0.717, 1.165) is 12.8 Å².